The standard InChI is InChI=1S/C27H30BrN3O4S/c1-4-25(27(33)29-3)30(18-21-11-8-10-20(2)16-21)26(32)19-31(23-13-9-12-22(28)17-23)36(34,35)24-14-6-5-7-15-24/h5-17,25H,4,18-19H2,1-3H3,(H,29,33)/t25-/m0/s1. The maximum atomic E-state index is 13.8. The number of hydrogen-bond acceptors (Lipinski definition) is 4. The quantitative estimate of drug-likeness (QED) is 0.388. The zero-order valence-corrected chi connectivity index (χ0v) is 22.9. The van der Waals surface area contributed by atoms with E-state index in [1.807, 2.05) is 38.1 Å². The molecule has 0 bridgehead atoms. The summed E-state index contributed by atoms with van der Waals surface area (Å²) in [5, 5.41) is 2.63. The lowest BCUT2D eigenvalue weighted by molar-refractivity contribution is -0.140. The van der Waals surface area contributed by atoms with Gasteiger partial charge < -0.3 is 10.2 Å². The molecule has 1 N–H and O–H groups in total. The number of benzene rings is 3. The number of carbonyl (C=O) groups excluding carboxylic acids is 2. The van der Waals surface area contributed by atoms with Crippen molar-refractivity contribution in [1.29, 1.82) is 0 Å². The summed E-state index contributed by atoms with van der Waals surface area (Å²) < 4.78 is 29.2. The fourth-order valence-corrected chi connectivity index (χ4v) is 5.79. The van der Waals surface area contributed by atoms with Crippen LogP contribution in [0.2, 0.25) is 0 Å². The van der Waals surface area contributed by atoms with Crippen LogP contribution in [-0.2, 0) is 26.2 Å². The molecule has 0 fully saturated rings. The minimum absolute atomic E-state index is 0.0707. The summed E-state index contributed by atoms with van der Waals surface area (Å²) in [4.78, 5) is 28.1. The summed E-state index contributed by atoms with van der Waals surface area (Å²) in [5.74, 6) is -0.787. The number of nitrogens with one attached hydrogen (secondary N) is 1. The molecule has 0 saturated heterocycles. The van der Waals surface area contributed by atoms with Crippen LogP contribution in [0, 0.1) is 6.92 Å². The molecule has 0 spiro atoms. The van der Waals surface area contributed by atoms with Crippen LogP contribution in [-0.4, -0.2) is 44.8 Å². The van der Waals surface area contributed by atoms with Crippen LogP contribution in [0.3, 0.4) is 0 Å². The van der Waals surface area contributed by atoms with Crippen molar-refractivity contribution in [1.82, 2.24) is 10.2 Å². The van der Waals surface area contributed by atoms with Gasteiger partial charge in [0.25, 0.3) is 10.0 Å². The Morgan fingerprint density at radius 2 is 1.67 bits per heavy atom. The highest BCUT2D eigenvalue weighted by Gasteiger charge is 2.33. The molecule has 1 atom stereocenters. The number of anilines is 1. The summed E-state index contributed by atoms with van der Waals surface area (Å²) in [6.07, 6.45) is 0.375. The first kappa shape index (κ1) is 27.4. The molecule has 36 heavy (non-hydrogen) atoms. The van der Waals surface area contributed by atoms with Gasteiger partial charge in [0, 0.05) is 18.1 Å². The third kappa shape index (κ3) is 6.53. The molecule has 3 aromatic rings. The van der Waals surface area contributed by atoms with E-state index in [9.17, 15) is 18.0 Å². The van der Waals surface area contributed by atoms with Crippen LogP contribution in [0.1, 0.15) is 24.5 Å². The van der Waals surface area contributed by atoms with Gasteiger partial charge in [0.2, 0.25) is 11.8 Å². The number of aryl methyl sites for hydroxylation is 1. The third-order valence-corrected chi connectivity index (χ3v) is 8.06. The fourth-order valence-electron chi connectivity index (χ4n) is 3.97. The Bertz CT molecular complexity index is 1320. The summed E-state index contributed by atoms with van der Waals surface area (Å²) in [5.41, 5.74) is 2.21. The van der Waals surface area contributed by atoms with Gasteiger partial charge >= 0.3 is 0 Å². The van der Waals surface area contributed by atoms with Crippen LogP contribution in [0.5, 0.6) is 0 Å². The zero-order chi connectivity index (χ0) is 26.3. The molecule has 0 aliphatic carbocycles. The number of nitrogens with zero attached hydrogens (tertiary/aromatic N) is 2. The van der Waals surface area contributed by atoms with Gasteiger partial charge in [0.15, 0.2) is 0 Å². The molecular weight excluding hydrogens is 542 g/mol. The van der Waals surface area contributed by atoms with E-state index in [1.165, 1.54) is 24.1 Å². The number of hydrogen-bond donors (Lipinski definition) is 1. The lowest BCUT2D eigenvalue weighted by Gasteiger charge is -2.33. The number of carbonyl (C=O) groups is 2. The Labute approximate surface area is 221 Å². The molecule has 3 aromatic carbocycles. The highest BCUT2D eigenvalue weighted by Crippen LogP contribution is 2.27. The Hall–Kier alpha value is -3.17. The normalized spacial score (nSPS) is 12.0. The highest BCUT2D eigenvalue weighted by atomic mass is 79.9. The average Bonchev–Trinajstić information content (AvgIpc) is 2.87. The molecule has 0 aliphatic heterocycles. The first-order chi connectivity index (χ1) is 17.2. The van der Waals surface area contributed by atoms with E-state index in [2.05, 4.69) is 21.2 Å². The molecule has 0 heterocycles. The van der Waals surface area contributed by atoms with E-state index in [-0.39, 0.29) is 17.3 Å². The van der Waals surface area contributed by atoms with Crippen LogP contribution in [0.25, 0.3) is 0 Å². The van der Waals surface area contributed by atoms with Gasteiger partial charge in [-0.1, -0.05) is 76.9 Å². The van der Waals surface area contributed by atoms with Crippen molar-refractivity contribution in [2.45, 2.75) is 37.8 Å². The highest BCUT2D eigenvalue weighted by molar-refractivity contribution is 9.10. The first-order valence-electron chi connectivity index (χ1n) is 11.6. The predicted molar refractivity (Wildman–Crippen MR) is 145 cm³/mol. The fraction of sp³-hybridized carbons (Fsp3) is 0.259. The van der Waals surface area contributed by atoms with E-state index in [0.29, 0.717) is 16.6 Å². The topological polar surface area (TPSA) is 86.8 Å². The van der Waals surface area contributed by atoms with Crippen LogP contribution < -0.4 is 9.62 Å². The van der Waals surface area contributed by atoms with E-state index in [1.54, 1.807) is 42.5 Å². The van der Waals surface area contributed by atoms with Crippen molar-refractivity contribution in [2.75, 3.05) is 17.9 Å². The lowest BCUT2D eigenvalue weighted by atomic mass is 10.1. The second kappa shape index (κ2) is 12.2. The third-order valence-electron chi connectivity index (χ3n) is 5.77. The summed E-state index contributed by atoms with van der Waals surface area (Å²) in [7, 11) is -2.55. The monoisotopic (exact) mass is 571 g/mol. The molecule has 7 nitrogen and oxygen atoms in total. The number of rotatable bonds is 10. The van der Waals surface area contributed by atoms with Crippen LogP contribution in [0.4, 0.5) is 5.69 Å². The van der Waals surface area contributed by atoms with Gasteiger partial charge in [-0.25, -0.2) is 8.42 Å². The number of sulfonamides is 1. The largest absolute Gasteiger partial charge is 0.357 e. The number of halogens is 1. The van der Waals surface area contributed by atoms with Gasteiger partial charge in [-0.05, 0) is 49.2 Å². The maximum Gasteiger partial charge on any atom is 0.264 e. The predicted octanol–water partition coefficient (Wildman–Crippen LogP) is 4.51. The summed E-state index contributed by atoms with van der Waals surface area (Å²) in [6, 6.07) is 21.7. The number of amides is 2. The van der Waals surface area contributed by atoms with Crippen molar-refractivity contribution in [3.05, 3.63) is 94.5 Å². The van der Waals surface area contributed by atoms with Crippen molar-refractivity contribution in [2.24, 2.45) is 0 Å². The second-order valence-corrected chi connectivity index (χ2v) is 11.1. The Kier molecular flexibility index (Phi) is 9.28. The molecule has 2 amide bonds. The molecule has 9 heteroatoms. The molecule has 0 saturated carbocycles. The van der Waals surface area contributed by atoms with E-state index in [4.69, 9.17) is 0 Å². The maximum absolute atomic E-state index is 13.8. The number of likely N-dealkylation sites (N-methyl/N-ethyl adjacent to an activating group) is 1. The molecule has 0 unspecified atom stereocenters. The molecular formula is C27H30BrN3O4S. The summed E-state index contributed by atoms with van der Waals surface area (Å²) >= 11 is 3.39. The van der Waals surface area contributed by atoms with E-state index >= 15 is 0 Å². The summed E-state index contributed by atoms with van der Waals surface area (Å²) in [6.45, 7) is 3.48. The first-order valence-corrected chi connectivity index (χ1v) is 13.8. The van der Waals surface area contributed by atoms with Gasteiger partial charge in [0.1, 0.15) is 12.6 Å². The second-order valence-electron chi connectivity index (χ2n) is 8.35. The Balaban J connectivity index is 2.05. The average molecular weight is 573 g/mol. The van der Waals surface area contributed by atoms with Crippen molar-refractivity contribution in [3.63, 3.8) is 0 Å². The van der Waals surface area contributed by atoms with Gasteiger partial charge in [-0.3, -0.25) is 13.9 Å². The minimum Gasteiger partial charge on any atom is -0.357 e. The zero-order valence-electron chi connectivity index (χ0n) is 20.5. The molecule has 0 aliphatic rings. The van der Waals surface area contributed by atoms with Gasteiger partial charge in [-0.15, -0.1) is 0 Å². The molecule has 190 valence electrons. The van der Waals surface area contributed by atoms with Crippen molar-refractivity contribution in [3.8, 4) is 0 Å². The Morgan fingerprint density at radius 1 is 0.972 bits per heavy atom. The van der Waals surface area contributed by atoms with Crippen molar-refractivity contribution < 1.29 is 18.0 Å². The Morgan fingerprint density at radius 3 is 2.28 bits per heavy atom. The SMILES string of the molecule is CC[C@@H](C(=O)NC)N(Cc1cccc(C)c1)C(=O)CN(c1cccc(Br)c1)S(=O)(=O)c1ccccc1. The van der Waals surface area contributed by atoms with Crippen LogP contribution in [0.15, 0.2) is 88.2 Å². The molecule has 0 aromatic heterocycles. The molecule has 0 radical (unpaired) electrons. The lowest BCUT2D eigenvalue weighted by Crippen LogP contribution is -2.51. The van der Waals surface area contributed by atoms with Crippen molar-refractivity contribution >= 4 is 43.5 Å². The minimum atomic E-state index is -4.07. The van der Waals surface area contributed by atoms with Crippen LogP contribution >= 0.6 is 15.9 Å². The van der Waals surface area contributed by atoms with E-state index in [0.717, 1.165) is 15.4 Å². The van der Waals surface area contributed by atoms with Gasteiger partial charge in [-0.2, -0.15) is 0 Å². The molecule has 3 rings (SSSR count). The smallest absolute Gasteiger partial charge is 0.264 e. The van der Waals surface area contributed by atoms with E-state index < -0.39 is 28.5 Å². The van der Waals surface area contributed by atoms with Gasteiger partial charge in [0.05, 0.1) is 10.6 Å².